The third kappa shape index (κ3) is 2.86. The Morgan fingerprint density at radius 2 is 1.93 bits per heavy atom. The number of nitrogens with zero attached hydrogens (tertiary/aromatic N) is 1. The highest BCUT2D eigenvalue weighted by molar-refractivity contribution is 7.21. The zero-order valence-corrected chi connectivity index (χ0v) is 16.2. The van der Waals surface area contributed by atoms with Crippen LogP contribution in [0.1, 0.15) is 34.1 Å². The van der Waals surface area contributed by atoms with E-state index in [1.807, 2.05) is 47.4 Å². The first-order valence-electron chi connectivity index (χ1n) is 9.10. The number of hydrogen-bond acceptors (Lipinski definition) is 4. The Kier molecular flexibility index (Phi) is 4.21. The molecule has 27 heavy (non-hydrogen) atoms. The summed E-state index contributed by atoms with van der Waals surface area (Å²) < 4.78 is 12.4. The summed E-state index contributed by atoms with van der Waals surface area (Å²) in [6.07, 6.45) is 1.92. The van der Waals surface area contributed by atoms with E-state index in [-0.39, 0.29) is 11.9 Å². The largest absolute Gasteiger partial charge is 0.486 e. The van der Waals surface area contributed by atoms with Gasteiger partial charge in [0.05, 0.1) is 11.1 Å². The summed E-state index contributed by atoms with van der Waals surface area (Å²) in [5.74, 6) is 1.55. The maximum absolute atomic E-state index is 13.3. The summed E-state index contributed by atoms with van der Waals surface area (Å²) in [6, 6.07) is 13.9. The number of ether oxygens (including phenoxy) is 2. The van der Waals surface area contributed by atoms with Gasteiger partial charge >= 0.3 is 0 Å². The van der Waals surface area contributed by atoms with Crippen LogP contribution in [0.15, 0.2) is 42.5 Å². The monoisotopic (exact) mass is 399 g/mol. The van der Waals surface area contributed by atoms with E-state index in [1.54, 1.807) is 0 Å². The summed E-state index contributed by atoms with van der Waals surface area (Å²) in [5.41, 5.74) is 1.09. The third-order valence-electron chi connectivity index (χ3n) is 5.19. The summed E-state index contributed by atoms with van der Waals surface area (Å²) in [4.78, 5) is 15.9. The molecule has 5 rings (SSSR count). The average molecular weight is 400 g/mol. The van der Waals surface area contributed by atoms with E-state index in [0.717, 1.165) is 46.5 Å². The number of halogens is 1. The highest BCUT2D eigenvalue weighted by Crippen LogP contribution is 2.41. The van der Waals surface area contributed by atoms with Crippen LogP contribution in [0.5, 0.6) is 11.5 Å². The van der Waals surface area contributed by atoms with Gasteiger partial charge in [-0.15, -0.1) is 11.3 Å². The van der Waals surface area contributed by atoms with Crippen LogP contribution in [0.25, 0.3) is 10.1 Å². The molecule has 0 bridgehead atoms. The summed E-state index contributed by atoms with van der Waals surface area (Å²) in [5, 5.41) is 1.51. The molecule has 3 aromatic rings. The van der Waals surface area contributed by atoms with Gasteiger partial charge in [0.2, 0.25) is 0 Å². The molecule has 1 unspecified atom stereocenters. The lowest BCUT2D eigenvalue weighted by Crippen LogP contribution is -2.30. The maximum atomic E-state index is 13.3. The average Bonchev–Trinajstić information content (AvgIpc) is 3.33. The molecular weight excluding hydrogens is 382 g/mol. The molecular formula is C21H18ClNO3S. The van der Waals surface area contributed by atoms with Crippen LogP contribution in [0.3, 0.4) is 0 Å². The summed E-state index contributed by atoms with van der Waals surface area (Å²) in [6.45, 7) is 1.87. The van der Waals surface area contributed by atoms with Gasteiger partial charge in [0.25, 0.3) is 5.91 Å². The molecule has 0 radical (unpaired) electrons. The molecule has 6 heteroatoms. The first kappa shape index (κ1) is 16.9. The van der Waals surface area contributed by atoms with Gasteiger partial charge in [-0.3, -0.25) is 4.79 Å². The minimum Gasteiger partial charge on any atom is -0.486 e. The molecule has 4 nitrogen and oxygen atoms in total. The Balaban J connectivity index is 1.48. The van der Waals surface area contributed by atoms with Gasteiger partial charge in [0.15, 0.2) is 11.5 Å². The molecule has 2 aliphatic rings. The van der Waals surface area contributed by atoms with Crippen molar-refractivity contribution >= 4 is 38.9 Å². The summed E-state index contributed by atoms with van der Waals surface area (Å²) >= 11 is 8.02. The number of fused-ring (bicyclic) bond motifs is 2. The third-order valence-corrected chi connectivity index (χ3v) is 6.86. The molecule has 1 atom stereocenters. The minimum atomic E-state index is 0.0126. The van der Waals surface area contributed by atoms with Crippen molar-refractivity contribution in [3.63, 3.8) is 0 Å². The van der Waals surface area contributed by atoms with Crippen LogP contribution in [0, 0.1) is 0 Å². The van der Waals surface area contributed by atoms with E-state index in [4.69, 9.17) is 21.1 Å². The number of hydrogen-bond donors (Lipinski definition) is 0. The van der Waals surface area contributed by atoms with Gasteiger partial charge in [0.1, 0.15) is 18.1 Å². The topological polar surface area (TPSA) is 38.8 Å². The van der Waals surface area contributed by atoms with Gasteiger partial charge in [-0.25, -0.2) is 0 Å². The molecule has 0 N–H and O–H groups in total. The van der Waals surface area contributed by atoms with Crippen molar-refractivity contribution in [1.82, 2.24) is 4.90 Å². The number of benzene rings is 2. The van der Waals surface area contributed by atoms with Crippen LogP contribution in [-0.4, -0.2) is 30.6 Å². The molecule has 1 fully saturated rings. The van der Waals surface area contributed by atoms with E-state index in [2.05, 4.69) is 0 Å². The van der Waals surface area contributed by atoms with Crippen LogP contribution in [0.4, 0.5) is 0 Å². The van der Waals surface area contributed by atoms with Crippen molar-refractivity contribution in [3.8, 4) is 11.5 Å². The fourth-order valence-electron chi connectivity index (χ4n) is 3.91. The number of amides is 1. The van der Waals surface area contributed by atoms with Crippen molar-refractivity contribution in [2.75, 3.05) is 19.8 Å². The summed E-state index contributed by atoms with van der Waals surface area (Å²) in [7, 11) is 0. The van der Waals surface area contributed by atoms with Gasteiger partial charge in [0, 0.05) is 16.6 Å². The van der Waals surface area contributed by atoms with Crippen LogP contribution in [0.2, 0.25) is 5.02 Å². The quantitative estimate of drug-likeness (QED) is 0.586. The van der Waals surface area contributed by atoms with Crippen molar-refractivity contribution in [1.29, 1.82) is 0 Å². The van der Waals surface area contributed by atoms with E-state index < -0.39 is 0 Å². The van der Waals surface area contributed by atoms with Crippen LogP contribution in [-0.2, 0) is 0 Å². The normalized spacial score (nSPS) is 18.9. The molecule has 2 aliphatic heterocycles. The zero-order chi connectivity index (χ0) is 18.4. The lowest BCUT2D eigenvalue weighted by Gasteiger charge is -2.26. The van der Waals surface area contributed by atoms with Gasteiger partial charge in [-0.05, 0) is 36.6 Å². The molecule has 0 saturated carbocycles. The second-order valence-electron chi connectivity index (χ2n) is 6.80. The Morgan fingerprint density at radius 3 is 2.78 bits per heavy atom. The predicted octanol–water partition coefficient (Wildman–Crippen LogP) is 5.30. The fraction of sp³-hybridized carbons (Fsp3) is 0.286. The number of thiophene rings is 1. The molecule has 3 heterocycles. The zero-order valence-electron chi connectivity index (χ0n) is 14.6. The highest BCUT2D eigenvalue weighted by atomic mass is 35.5. The van der Waals surface area contributed by atoms with Crippen LogP contribution < -0.4 is 9.47 Å². The van der Waals surface area contributed by atoms with Crippen molar-refractivity contribution in [2.45, 2.75) is 18.9 Å². The highest BCUT2D eigenvalue weighted by Gasteiger charge is 2.33. The van der Waals surface area contributed by atoms with Gasteiger partial charge in [-0.2, -0.15) is 0 Å². The van der Waals surface area contributed by atoms with Gasteiger partial charge in [-0.1, -0.05) is 35.9 Å². The molecule has 1 aromatic heterocycles. The minimum absolute atomic E-state index is 0.0126. The Hall–Kier alpha value is -2.24. The molecule has 1 saturated heterocycles. The SMILES string of the molecule is O=C(c1sc2ccccc2c1Cl)N1CCCC1c1ccc2c(c1)OCCO2. The lowest BCUT2D eigenvalue weighted by atomic mass is 10.0. The van der Waals surface area contributed by atoms with E-state index in [0.29, 0.717) is 23.1 Å². The first-order valence-corrected chi connectivity index (χ1v) is 10.3. The van der Waals surface area contributed by atoms with Crippen molar-refractivity contribution in [3.05, 3.63) is 57.9 Å². The molecule has 0 spiro atoms. The van der Waals surface area contributed by atoms with E-state index in [1.165, 1.54) is 11.3 Å². The van der Waals surface area contributed by atoms with Gasteiger partial charge < -0.3 is 14.4 Å². The second-order valence-corrected chi connectivity index (χ2v) is 8.23. The molecule has 0 aliphatic carbocycles. The lowest BCUT2D eigenvalue weighted by molar-refractivity contribution is 0.0740. The standard InChI is InChI=1S/C21H18ClNO3S/c22-19-14-4-1-2-6-18(14)27-20(19)21(24)23-9-3-5-15(23)13-7-8-16-17(12-13)26-11-10-25-16/h1-2,4,6-8,12,15H,3,5,9-11H2. The van der Waals surface area contributed by atoms with E-state index in [9.17, 15) is 4.79 Å². The Labute approximate surface area is 166 Å². The van der Waals surface area contributed by atoms with Crippen LogP contribution >= 0.6 is 22.9 Å². The van der Waals surface area contributed by atoms with Crippen molar-refractivity contribution in [2.24, 2.45) is 0 Å². The molecule has 1 amide bonds. The molecule has 2 aromatic carbocycles. The second kappa shape index (κ2) is 6.73. The molecule has 138 valence electrons. The van der Waals surface area contributed by atoms with E-state index >= 15 is 0 Å². The fourth-order valence-corrected chi connectivity index (χ4v) is 5.37. The first-order chi connectivity index (χ1) is 13.2. The Morgan fingerprint density at radius 1 is 1.11 bits per heavy atom. The van der Waals surface area contributed by atoms with Crippen molar-refractivity contribution < 1.29 is 14.3 Å². The Bertz CT molecular complexity index is 1030. The number of carbonyl (C=O) groups excluding carboxylic acids is 1. The maximum Gasteiger partial charge on any atom is 0.266 e. The number of carbonyl (C=O) groups is 1. The number of rotatable bonds is 2. The number of likely N-dealkylation sites (tertiary alicyclic amines) is 1. The predicted molar refractivity (Wildman–Crippen MR) is 107 cm³/mol. The smallest absolute Gasteiger partial charge is 0.266 e.